The van der Waals surface area contributed by atoms with Crippen molar-refractivity contribution in [3.8, 4) is 5.75 Å². The van der Waals surface area contributed by atoms with Gasteiger partial charge in [0, 0.05) is 66.9 Å². The zero-order valence-corrected chi connectivity index (χ0v) is 22.6. The fourth-order valence-corrected chi connectivity index (χ4v) is 5.83. The molecule has 40 heavy (non-hydrogen) atoms. The van der Waals surface area contributed by atoms with E-state index in [9.17, 15) is 18.0 Å². The summed E-state index contributed by atoms with van der Waals surface area (Å²) in [7, 11) is 1.26. The summed E-state index contributed by atoms with van der Waals surface area (Å²) in [4.78, 5) is 18.6. The lowest BCUT2D eigenvalue weighted by molar-refractivity contribution is -0.0375. The fraction of sp³-hybridized carbons (Fsp3) is 0.483. The number of esters is 1. The third-order valence-electron chi connectivity index (χ3n) is 7.65. The van der Waals surface area contributed by atoms with E-state index in [1.54, 1.807) is 25.1 Å². The smallest absolute Gasteiger partial charge is 0.337 e. The number of H-pyrrole nitrogens is 1. The molecule has 0 amide bonds. The second kappa shape index (κ2) is 11.0. The second-order valence-corrected chi connectivity index (χ2v) is 10.8. The van der Waals surface area contributed by atoms with Gasteiger partial charge in [-0.25, -0.2) is 22.4 Å². The van der Waals surface area contributed by atoms with Gasteiger partial charge in [-0.3, -0.25) is 14.2 Å². The SMILES string of the molecule is COC(=O)c1ccc2c3c([nH]c2c1)[C@@H](c1c(F)cc(OC2CN(CCCF)C2)cc1F)N(CC(C)(F)F)[C@H](C)C3. The number of hydrogen-bond acceptors (Lipinski definition) is 5. The van der Waals surface area contributed by atoms with Crippen molar-refractivity contribution >= 4 is 16.9 Å². The molecule has 0 radical (unpaired) electrons. The van der Waals surface area contributed by atoms with Gasteiger partial charge in [-0.05, 0) is 37.5 Å². The summed E-state index contributed by atoms with van der Waals surface area (Å²) in [5.41, 5.74) is 1.61. The van der Waals surface area contributed by atoms with E-state index in [4.69, 9.17) is 9.47 Å². The minimum Gasteiger partial charge on any atom is -0.488 e. The first kappa shape index (κ1) is 28.4. The number of alkyl halides is 3. The number of rotatable bonds is 9. The molecule has 2 aliphatic rings. The number of carbonyl (C=O) groups is 1. The molecule has 0 saturated carbocycles. The highest BCUT2D eigenvalue weighted by molar-refractivity contribution is 5.96. The number of fused-ring (bicyclic) bond motifs is 3. The first-order valence-electron chi connectivity index (χ1n) is 13.3. The van der Waals surface area contributed by atoms with Crippen molar-refractivity contribution in [2.24, 2.45) is 0 Å². The molecule has 1 aromatic heterocycles. The average molecular weight is 566 g/mol. The van der Waals surface area contributed by atoms with E-state index in [2.05, 4.69) is 4.98 Å². The minimum atomic E-state index is -3.12. The van der Waals surface area contributed by atoms with Crippen molar-refractivity contribution in [3.05, 3.63) is 64.4 Å². The zero-order valence-electron chi connectivity index (χ0n) is 22.6. The quantitative estimate of drug-likeness (QED) is 0.269. The number of nitrogens with zero attached hydrogens (tertiary/aromatic N) is 2. The first-order valence-corrected chi connectivity index (χ1v) is 13.3. The maximum atomic E-state index is 15.7. The monoisotopic (exact) mass is 565 g/mol. The summed E-state index contributed by atoms with van der Waals surface area (Å²) in [6, 6.07) is 5.43. The van der Waals surface area contributed by atoms with Crippen molar-refractivity contribution in [2.75, 3.05) is 40.0 Å². The Hall–Kier alpha value is -3.18. The van der Waals surface area contributed by atoms with Crippen LogP contribution in [-0.4, -0.2) is 78.8 Å². The Balaban J connectivity index is 1.53. The van der Waals surface area contributed by atoms with Crippen LogP contribution in [0.5, 0.6) is 5.75 Å². The lowest BCUT2D eigenvalue weighted by Gasteiger charge is -2.42. The number of benzene rings is 2. The number of likely N-dealkylation sites (tertiary alicyclic amines) is 1. The van der Waals surface area contributed by atoms with Crippen LogP contribution in [0.25, 0.3) is 10.9 Å². The highest BCUT2D eigenvalue weighted by Gasteiger charge is 2.42. The third-order valence-corrected chi connectivity index (χ3v) is 7.65. The molecule has 5 rings (SSSR count). The van der Waals surface area contributed by atoms with Crippen LogP contribution in [0.2, 0.25) is 0 Å². The molecule has 3 heterocycles. The summed E-state index contributed by atoms with van der Waals surface area (Å²) in [5.74, 6) is -5.48. The summed E-state index contributed by atoms with van der Waals surface area (Å²) in [6.07, 6.45) is 0.501. The number of carbonyl (C=O) groups excluding carboxylic acids is 1. The molecular formula is C29H32F5N3O3. The van der Waals surface area contributed by atoms with Gasteiger partial charge in [-0.2, -0.15) is 0 Å². The van der Waals surface area contributed by atoms with Gasteiger partial charge in [0.1, 0.15) is 23.5 Å². The summed E-state index contributed by atoms with van der Waals surface area (Å²) < 4.78 is 83.2. The number of halogens is 5. The molecule has 2 aromatic carbocycles. The van der Waals surface area contributed by atoms with Crippen molar-refractivity contribution < 1.29 is 36.2 Å². The van der Waals surface area contributed by atoms with E-state index in [1.165, 1.54) is 12.0 Å². The van der Waals surface area contributed by atoms with Crippen molar-refractivity contribution in [1.29, 1.82) is 0 Å². The molecule has 1 fully saturated rings. The summed E-state index contributed by atoms with van der Waals surface area (Å²) >= 11 is 0. The maximum Gasteiger partial charge on any atom is 0.337 e. The van der Waals surface area contributed by atoms with Gasteiger partial charge in [0.25, 0.3) is 5.92 Å². The average Bonchev–Trinajstić information content (AvgIpc) is 3.22. The summed E-state index contributed by atoms with van der Waals surface area (Å²) in [6.45, 7) is 3.04. The lowest BCUT2D eigenvalue weighted by atomic mass is 9.87. The number of methoxy groups -OCH3 is 1. The zero-order chi connectivity index (χ0) is 28.8. The molecule has 0 spiro atoms. The molecule has 1 saturated heterocycles. The molecule has 0 aliphatic carbocycles. The molecule has 11 heteroatoms. The van der Waals surface area contributed by atoms with Crippen LogP contribution in [0.15, 0.2) is 30.3 Å². The molecule has 216 valence electrons. The van der Waals surface area contributed by atoms with Crippen LogP contribution in [0.3, 0.4) is 0 Å². The van der Waals surface area contributed by atoms with E-state index in [0.29, 0.717) is 43.7 Å². The van der Waals surface area contributed by atoms with Crippen LogP contribution in [0, 0.1) is 11.6 Å². The number of aromatic nitrogens is 1. The second-order valence-electron chi connectivity index (χ2n) is 10.8. The van der Waals surface area contributed by atoms with Crippen molar-refractivity contribution in [3.63, 3.8) is 0 Å². The van der Waals surface area contributed by atoms with Gasteiger partial charge in [-0.15, -0.1) is 0 Å². The first-order chi connectivity index (χ1) is 19.0. The minimum absolute atomic E-state index is 0.00436. The van der Waals surface area contributed by atoms with Crippen LogP contribution < -0.4 is 4.74 Å². The number of aromatic amines is 1. The van der Waals surface area contributed by atoms with Gasteiger partial charge in [0.15, 0.2) is 0 Å². The highest BCUT2D eigenvalue weighted by atomic mass is 19.3. The summed E-state index contributed by atoms with van der Waals surface area (Å²) in [5, 5.41) is 0.741. The number of ether oxygens (including phenoxy) is 2. The van der Waals surface area contributed by atoms with Crippen molar-refractivity contribution in [1.82, 2.24) is 14.8 Å². The molecule has 2 atom stereocenters. The van der Waals surface area contributed by atoms with E-state index in [-0.39, 0.29) is 23.0 Å². The van der Waals surface area contributed by atoms with E-state index < -0.39 is 48.8 Å². The van der Waals surface area contributed by atoms with Crippen LogP contribution >= 0.6 is 0 Å². The topological polar surface area (TPSA) is 57.8 Å². The van der Waals surface area contributed by atoms with Gasteiger partial charge in [0.05, 0.1) is 31.9 Å². The Morgan fingerprint density at radius 3 is 2.48 bits per heavy atom. The maximum absolute atomic E-state index is 15.7. The van der Waals surface area contributed by atoms with Crippen LogP contribution in [-0.2, 0) is 11.2 Å². The van der Waals surface area contributed by atoms with E-state index in [1.807, 2.05) is 4.90 Å². The highest BCUT2D eigenvalue weighted by Crippen LogP contribution is 2.44. The van der Waals surface area contributed by atoms with Crippen LogP contribution in [0.1, 0.15) is 53.5 Å². The Bertz CT molecular complexity index is 1380. The Morgan fingerprint density at radius 1 is 1.15 bits per heavy atom. The lowest BCUT2D eigenvalue weighted by Crippen LogP contribution is -2.53. The van der Waals surface area contributed by atoms with Crippen LogP contribution in [0.4, 0.5) is 22.0 Å². The largest absolute Gasteiger partial charge is 0.488 e. The van der Waals surface area contributed by atoms with E-state index >= 15 is 8.78 Å². The Morgan fingerprint density at radius 2 is 1.85 bits per heavy atom. The molecular weight excluding hydrogens is 533 g/mol. The molecule has 1 N–H and O–H groups in total. The van der Waals surface area contributed by atoms with Crippen molar-refractivity contribution in [2.45, 2.75) is 50.8 Å². The molecule has 2 aliphatic heterocycles. The normalized spacial score (nSPS) is 20.4. The molecule has 6 nitrogen and oxygen atoms in total. The standard InChI is InChI=1S/C29H32F5N3O3/c1-16-9-21-20-6-5-17(28(38)39-3)10-24(20)35-26(21)27(37(16)15-29(2,33)34)25-22(31)11-18(12-23(25)32)40-19-13-36(14-19)8-4-7-30/h5-6,10-12,16,19,27,35H,4,7-9,13-15H2,1-3H3/t16-,27-/m1/s1. The molecule has 3 aromatic rings. The molecule has 0 unspecified atom stereocenters. The van der Waals surface area contributed by atoms with E-state index in [0.717, 1.165) is 30.0 Å². The molecule has 0 bridgehead atoms. The predicted octanol–water partition coefficient (Wildman–Crippen LogP) is 5.65. The van der Waals surface area contributed by atoms with Gasteiger partial charge in [0.2, 0.25) is 0 Å². The van der Waals surface area contributed by atoms with Gasteiger partial charge < -0.3 is 14.5 Å². The Kier molecular flexibility index (Phi) is 7.80. The predicted molar refractivity (Wildman–Crippen MR) is 140 cm³/mol. The fourth-order valence-electron chi connectivity index (χ4n) is 5.83. The number of hydrogen-bond donors (Lipinski definition) is 1. The third kappa shape index (κ3) is 5.54. The number of nitrogens with one attached hydrogen (secondary N) is 1. The Labute approximate surface area is 229 Å². The van der Waals surface area contributed by atoms with Gasteiger partial charge in [-0.1, -0.05) is 6.07 Å². The van der Waals surface area contributed by atoms with Gasteiger partial charge >= 0.3 is 5.97 Å².